The first-order chi connectivity index (χ1) is 9.35. The minimum atomic E-state index is -3.00. The van der Waals surface area contributed by atoms with Crippen molar-refractivity contribution in [3.63, 3.8) is 0 Å². The zero-order valence-corrected chi connectivity index (χ0v) is 12.6. The van der Waals surface area contributed by atoms with Gasteiger partial charge in [-0.05, 0) is 6.42 Å². The second-order valence-corrected chi connectivity index (χ2v) is 6.92. The van der Waals surface area contributed by atoms with Gasteiger partial charge in [-0.1, -0.05) is 6.92 Å². The molecule has 7 nitrogen and oxygen atoms in total. The topological polar surface area (TPSA) is 90.2 Å². The van der Waals surface area contributed by atoms with Crippen LogP contribution >= 0.6 is 0 Å². The second-order valence-electron chi connectivity index (χ2n) is 4.66. The monoisotopic (exact) mass is 303 g/mol. The SMILES string of the molecule is CCCn1ccc(=O)n(CCNCCS(C)(=O)=O)c1=O. The van der Waals surface area contributed by atoms with E-state index in [4.69, 9.17) is 0 Å². The predicted molar refractivity (Wildman–Crippen MR) is 77.8 cm³/mol. The molecule has 1 N–H and O–H groups in total. The molecule has 0 aliphatic rings. The lowest BCUT2D eigenvalue weighted by Crippen LogP contribution is -2.41. The quantitative estimate of drug-likeness (QED) is 0.626. The molecule has 0 aromatic carbocycles. The number of nitrogens with zero attached hydrogens (tertiary/aromatic N) is 2. The Morgan fingerprint density at radius 3 is 2.50 bits per heavy atom. The summed E-state index contributed by atoms with van der Waals surface area (Å²) in [6, 6.07) is 1.37. The molecule has 1 rings (SSSR count). The van der Waals surface area contributed by atoms with Crippen molar-refractivity contribution in [2.75, 3.05) is 25.1 Å². The van der Waals surface area contributed by atoms with Crippen LogP contribution < -0.4 is 16.6 Å². The van der Waals surface area contributed by atoms with Crippen molar-refractivity contribution in [1.82, 2.24) is 14.5 Å². The molecule has 0 aliphatic carbocycles. The first-order valence-corrected chi connectivity index (χ1v) is 8.60. The van der Waals surface area contributed by atoms with Gasteiger partial charge in [0.2, 0.25) is 0 Å². The van der Waals surface area contributed by atoms with Gasteiger partial charge in [0, 0.05) is 44.7 Å². The van der Waals surface area contributed by atoms with Crippen LogP contribution in [0.1, 0.15) is 13.3 Å². The Bertz CT molecular complexity index is 645. The van der Waals surface area contributed by atoms with Crippen LogP contribution in [0.4, 0.5) is 0 Å². The maximum atomic E-state index is 12.0. The second kappa shape index (κ2) is 7.39. The molecule has 8 heteroatoms. The maximum Gasteiger partial charge on any atom is 0.331 e. The third kappa shape index (κ3) is 5.30. The average Bonchev–Trinajstić information content (AvgIpc) is 2.35. The molecule has 0 aliphatic heterocycles. The molecule has 0 saturated carbocycles. The van der Waals surface area contributed by atoms with Gasteiger partial charge in [-0.2, -0.15) is 0 Å². The Morgan fingerprint density at radius 2 is 1.90 bits per heavy atom. The first-order valence-electron chi connectivity index (χ1n) is 6.54. The number of hydrogen-bond acceptors (Lipinski definition) is 5. The lowest BCUT2D eigenvalue weighted by molar-refractivity contribution is 0.524. The molecule has 0 bridgehead atoms. The molecule has 0 amide bonds. The molecule has 0 atom stereocenters. The summed E-state index contributed by atoms with van der Waals surface area (Å²) in [5.41, 5.74) is -0.670. The Balaban J connectivity index is 2.62. The fourth-order valence-electron chi connectivity index (χ4n) is 1.75. The summed E-state index contributed by atoms with van der Waals surface area (Å²) in [6.45, 7) is 3.44. The van der Waals surface area contributed by atoms with Crippen molar-refractivity contribution in [2.45, 2.75) is 26.4 Å². The van der Waals surface area contributed by atoms with Gasteiger partial charge < -0.3 is 9.88 Å². The van der Waals surface area contributed by atoms with Crippen LogP contribution in [0.5, 0.6) is 0 Å². The van der Waals surface area contributed by atoms with E-state index in [1.807, 2.05) is 6.92 Å². The van der Waals surface area contributed by atoms with Crippen molar-refractivity contribution >= 4 is 9.84 Å². The van der Waals surface area contributed by atoms with E-state index in [1.54, 1.807) is 0 Å². The fraction of sp³-hybridized carbons (Fsp3) is 0.667. The van der Waals surface area contributed by atoms with E-state index in [1.165, 1.54) is 23.1 Å². The molecule has 0 spiro atoms. The van der Waals surface area contributed by atoms with Crippen molar-refractivity contribution in [1.29, 1.82) is 0 Å². The predicted octanol–water partition coefficient (Wildman–Crippen LogP) is -0.946. The molecule has 0 fully saturated rings. The zero-order chi connectivity index (χ0) is 15.2. The lowest BCUT2D eigenvalue weighted by Gasteiger charge is -2.09. The normalized spacial score (nSPS) is 11.7. The molecule has 0 radical (unpaired) electrons. The van der Waals surface area contributed by atoms with Gasteiger partial charge in [-0.3, -0.25) is 9.36 Å². The molecule has 20 heavy (non-hydrogen) atoms. The Morgan fingerprint density at radius 1 is 1.20 bits per heavy atom. The zero-order valence-electron chi connectivity index (χ0n) is 11.8. The number of nitrogens with one attached hydrogen (secondary N) is 1. The van der Waals surface area contributed by atoms with Gasteiger partial charge in [0.25, 0.3) is 5.56 Å². The summed E-state index contributed by atoms with van der Waals surface area (Å²) in [4.78, 5) is 23.7. The summed E-state index contributed by atoms with van der Waals surface area (Å²) >= 11 is 0. The Kier molecular flexibility index (Phi) is 6.15. The van der Waals surface area contributed by atoms with Gasteiger partial charge in [-0.15, -0.1) is 0 Å². The molecule has 114 valence electrons. The summed E-state index contributed by atoms with van der Waals surface area (Å²) in [6.07, 6.45) is 3.48. The molecule has 0 unspecified atom stereocenters. The van der Waals surface area contributed by atoms with Crippen LogP contribution in [0, 0.1) is 0 Å². The van der Waals surface area contributed by atoms with Gasteiger partial charge in [0.1, 0.15) is 9.84 Å². The third-order valence-corrected chi connectivity index (χ3v) is 3.71. The summed E-state index contributed by atoms with van der Waals surface area (Å²) in [7, 11) is -3.00. The van der Waals surface area contributed by atoms with Crippen LogP contribution in [0.2, 0.25) is 0 Å². The van der Waals surface area contributed by atoms with Gasteiger partial charge in [0.15, 0.2) is 0 Å². The number of hydrogen-bond donors (Lipinski definition) is 1. The molecule has 1 aromatic rings. The number of sulfone groups is 1. The highest BCUT2D eigenvalue weighted by Crippen LogP contribution is 1.84. The van der Waals surface area contributed by atoms with E-state index in [0.717, 1.165) is 11.0 Å². The number of aromatic nitrogens is 2. The van der Waals surface area contributed by atoms with Crippen LogP contribution in [0.15, 0.2) is 21.9 Å². The minimum Gasteiger partial charge on any atom is -0.314 e. The Hall–Kier alpha value is -1.41. The minimum absolute atomic E-state index is 0.0384. The van der Waals surface area contributed by atoms with Gasteiger partial charge in [-0.25, -0.2) is 13.2 Å². The van der Waals surface area contributed by atoms with E-state index in [0.29, 0.717) is 19.6 Å². The number of rotatable bonds is 8. The smallest absolute Gasteiger partial charge is 0.314 e. The molecular formula is C12H21N3O4S. The van der Waals surface area contributed by atoms with E-state index < -0.39 is 9.84 Å². The van der Waals surface area contributed by atoms with Crippen LogP contribution in [0.3, 0.4) is 0 Å². The van der Waals surface area contributed by atoms with Crippen LogP contribution in [0.25, 0.3) is 0 Å². The first kappa shape index (κ1) is 16.6. The van der Waals surface area contributed by atoms with E-state index in [9.17, 15) is 18.0 Å². The fourth-order valence-corrected chi connectivity index (χ4v) is 2.26. The number of aryl methyl sites for hydroxylation is 1. The molecular weight excluding hydrogens is 282 g/mol. The van der Waals surface area contributed by atoms with Crippen molar-refractivity contribution < 1.29 is 8.42 Å². The highest BCUT2D eigenvalue weighted by Gasteiger charge is 2.05. The lowest BCUT2D eigenvalue weighted by atomic mass is 10.4. The third-order valence-electron chi connectivity index (χ3n) is 2.77. The van der Waals surface area contributed by atoms with Gasteiger partial charge in [0.05, 0.1) is 5.75 Å². The largest absolute Gasteiger partial charge is 0.331 e. The van der Waals surface area contributed by atoms with Crippen molar-refractivity contribution in [3.05, 3.63) is 33.1 Å². The van der Waals surface area contributed by atoms with E-state index >= 15 is 0 Å². The standard InChI is InChI=1S/C12H21N3O4S/c1-3-7-14-8-4-11(16)15(12(14)17)9-5-13-6-10-20(2,18)19/h4,8,13H,3,5-7,9-10H2,1-2H3. The highest BCUT2D eigenvalue weighted by molar-refractivity contribution is 7.90. The van der Waals surface area contributed by atoms with Crippen LogP contribution in [-0.2, 0) is 22.9 Å². The summed E-state index contributed by atoms with van der Waals surface area (Å²) in [5, 5.41) is 2.91. The summed E-state index contributed by atoms with van der Waals surface area (Å²) in [5.74, 6) is 0.0384. The maximum absolute atomic E-state index is 12.0. The molecule has 1 heterocycles. The molecule has 0 saturated heterocycles. The highest BCUT2D eigenvalue weighted by atomic mass is 32.2. The average molecular weight is 303 g/mol. The van der Waals surface area contributed by atoms with Crippen molar-refractivity contribution in [3.8, 4) is 0 Å². The Labute approximate surface area is 118 Å². The van der Waals surface area contributed by atoms with E-state index in [2.05, 4.69) is 5.32 Å². The van der Waals surface area contributed by atoms with Crippen LogP contribution in [-0.4, -0.2) is 42.7 Å². The van der Waals surface area contributed by atoms with E-state index in [-0.39, 0.29) is 23.5 Å². The summed E-state index contributed by atoms with van der Waals surface area (Å²) < 4.78 is 24.5. The van der Waals surface area contributed by atoms with Gasteiger partial charge >= 0.3 is 5.69 Å². The molecule has 1 aromatic heterocycles. The van der Waals surface area contributed by atoms with Crippen molar-refractivity contribution in [2.24, 2.45) is 0 Å².